The molecule has 3 aromatic carbocycles. The lowest BCUT2D eigenvalue weighted by atomic mass is 9.68. The van der Waals surface area contributed by atoms with Crippen LogP contribution < -0.4 is 15.4 Å². The summed E-state index contributed by atoms with van der Waals surface area (Å²) in [5.41, 5.74) is 5.30. The topological polar surface area (TPSA) is 50.4 Å². The van der Waals surface area contributed by atoms with Crippen molar-refractivity contribution in [2.24, 2.45) is 17.8 Å². The van der Waals surface area contributed by atoms with Crippen molar-refractivity contribution in [1.29, 1.82) is 0 Å². The SMILES string of the molecule is CCOc1ccccc1NC(=O)c1ccc2c(c1)C1C3CCC(C3)C1C(c1ccccc1)N2. The molecule has 4 heteroatoms. The second-order valence-electron chi connectivity index (χ2n) is 9.65. The third kappa shape index (κ3) is 3.49. The second kappa shape index (κ2) is 8.26. The van der Waals surface area contributed by atoms with Crippen LogP contribution in [0.5, 0.6) is 5.75 Å². The molecule has 2 fully saturated rings. The van der Waals surface area contributed by atoms with Crippen LogP contribution in [-0.2, 0) is 0 Å². The Hall–Kier alpha value is -3.27. The third-order valence-corrected chi connectivity index (χ3v) is 7.94. The lowest BCUT2D eigenvalue weighted by Gasteiger charge is -2.43. The number of benzene rings is 3. The van der Waals surface area contributed by atoms with Gasteiger partial charge >= 0.3 is 0 Å². The maximum Gasteiger partial charge on any atom is 0.255 e. The molecule has 0 radical (unpaired) electrons. The predicted octanol–water partition coefficient (Wildman–Crippen LogP) is 6.63. The van der Waals surface area contributed by atoms with Crippen LogP contribution in [0.3, 0.4) is 0 Å². The molecule has 1 aliphatic heterocycles. The summed E-state index contributed by atoms with van der Waals surface area (Å²) < 4.78 is 5.68. The number of ether oxygens (including phenoxy) is 1. The van der Waals surface area contributed by atoms with Gasteiger partial charge in [-0.2, -0.15) is 0 Å². The molecule has 0 aromatic heterocycles. The number of rotatable bonds is 5. The van der Waals surface area contributed by atoms with Crippen LogP contribution in [0.4, 0.5) is 11.4 Å². The van der Waals surface area contributed by atoms with Crippen molar-refractivity contribution in [2.75, 3.05) is 17.2 Å². The number of hydrogen-bond acceptors (Lipinski definition) is 3. The fourth-order valence-electron chi connectivity index (χ4n) is 6.66. The highest BCUT2D eigenvalue weighted by Crippen LogP contribution is 2.63. The van der Waals surface area contributed by atoms with Crippen LogP contribution in [0.2, 0.25) is 0 Å². The van der Waals surface area contributed by atoms with E-state index in [0.29, 0.717) is 41.5 Å². The van der Waals surface area contributed by atoms with E-state index in [1.807, 2.05) is 37.3 Å². The molecule has 2 bridgehead atoms. The van der Waals surface area contributed by atoms with E-state index in [0.717, 1.165) is 11.8 Å². The van der Waals surface area contributed by atoms with Crippen LogP contribution in [0.25, 0.3) is 0 Å². The highest BCUT2D eigenvalue weighted by atomic mass is 16.5. The maximum atomic E-state index is 13.2. The molecule has 168 valence electrons. The van der Waals surface area contributed by atoms with Crippen LogP contribution >= 0.6 is 0 Å². The van der Waals surface area contributed by atoms with Gasteiger partial charge in [0.25, 0.3) is 5.91 Å². The van der Waals surface area contributed by atoms with E-state index in [9.17, 15) is 4.79 Å². The molecular formula is C29H30N2O2. The maximum absolute atomic E-state index is 13.2. The van der Waals surface area contributed by atoms with Gasteiger partial charge in [-0.3, -0.25) is 4.79 Å². The third-order valence-electron chi connectivity index (χ3n) is 7.94. The Kier molecular flexibility index (Phi) is 5.09. The Morgan fingerprint density at radius 1 is 1.00 bits per heavy atom. The monoisotopic (exact) mass is 438 g/mol. The summed E-state index contributed by atoms with van der Waals surface area (Å²) in [5.74, 6) is 3.22. The average molecular weight is 439 g/mol. The smallest absolute Gasteiger partial charge is 0.255 e. The first-order valence-corrected chi connectivity index (χ1v) is 12.2. The molecule has 33 heavy (non-hydrogen) atoms. The van der Waals surface area contributed by atoms with Gasteiger partial charge in [-0.25, -0.2) is 0 Å². The van der Waals surface area contributed by atoms with Gasteiger partial charge in [0.2, 0.25) is 0 Å². The highest BCUT2D eigenvalue weighted by Gasteiger charge is 2.53. The Morgan fingerprint density at radius 2 is 1.79 bits per heavy atom. The first kappa shape index (κ1) is 20.3. The van der Waals surface area contributed by atoms with Crippen molar-refractivity contribution in [3.63, 3.8) is 0 Å². The minimum atomic E-state index is -0.0881. The summed E-state index contributed by atoms with van der Waals surface area (Å²) in [6.45, 7) is 2.51. The summed E-state index contributed by atoms with van der Waals surface area (Å²) in [4.78, 5) is 13.2. The number of fused-ring (bicyclic) bond motifs is 7. The number of nitrogens with one attached hydrogen (secondary N) is 2. The van der Waals surface area contributed by atoms with Crippen molar-refractivity contribution in [2.45, 2.75) is 38.1 Å². The van der Waals surface area contributed by atoms with Crippen LogP contribution in [0.1, 0.15) is 59.6 Å². The van der Waals surface area contributed by atoms with E-state index in [2.05, 4.69) is 53.1 Å². The molecule has 0 saturated heterocycles. The molecule has 2 aliphatic carbocycles. The van der Waals surface area contributed by atoms with Crippen molar-refractivity contribution in [3.8, 4) is 5.75 Å². The fourth-order valence-corrected chi connectivity index (χ4v) is 6.66. The number of amides is 1. The van der Waals surface area contributed by atoms with Gasteiger partial charge in [-0.15, -0.1) is 0 Å². The quantitative estimate of drug-likeness (QED) is 0.470. The molecule has 3 aromatic rings. The van der Waals surface area contributed by atoms with Gasteiger partial charge in [0.05, 0.1) is 18.3 Å². The van der Waals surface area contributed by atoms with Gasteiger partial charge < -0.3 is 15.4 Å². The van der Waals surface area contributed by atoms with E-state index in [1.165, 1.54) is 36.1 Å². The number of carbonyl (C=O) groups excluding carboxylic acids is 1. The number of anilines is 2. The summed E-state index contributed by atoms with van der Waals surface area (Å²) in [7, 11) is 0. The summed E-state index contributed by atoms with van der Waals surface area (Å²) in [5, 5.41) is 6.92. The molecular weight excluding hydrogens is 408 g/mol. The van der Waals surface area contributed by atoms with Crippen LogP contribution in [-0.4, -0.2) is 12.5 Å². The highest BCUT2D eigenvalue weighted by molar-refractivity contribution is 6.05. The standard InChI is InChI=1S/C29H30N2O2/c1-2-33-25-11-7-6-10-24(25)31-29(32)21-14-15-23-22(17-21)26-19-12-13-20(16-19)27(26)28(30-23)18-8-4-3-5-9-18/h3-11,14-15,17,19-20,26-28,30H,2,12-13,16H2,1H3,(H,31,32). The molecule has 2 N–H and O–H groups in total. The minimum absolute atomic E-state index is 0.0881. The lowest BCUT2D eigenvalue weighted by Crippen LogP contribution is -2.35. The Morgan fingerprint density at radius 3 is 2.64 bits per heavy atom. The predicted molar refractivity (Wildman–Crippen MR) is 132 cm³/mol. The Bertz CT molecular complexity index is 1180. The van der Waals surface area contributed by atoms with Crippen LogP contribution in [0.15, 0.2) is 72.8 Å². The molecule has 5 atom stereocenters. The zero-order chi connectivity index (χ0) is 22.4. The van der Waals surface area contributed by atoms with E-state index < -0.39 is 0 Å². The summed E-state index contributed by atoms with van der Waals surface area (Å²) in [6.07, 6.45) is 3.96. The second-order valence-corrected chi connectivity index (χ2v) is 9.65. The fraction of sp³-hybridized carbons (Fsp3) is 0.345. The first-order valence-electron chi connectivity index (χ1n) is 12.2. The Balaban J connectivity index is 1.33. The molecule has 1 heterocycles. The van der Waals surface area contributed by atoms with Gasteiger partial charge in [-0.05, 0) is 91.3 Å². The lowest BCUT2D eigenvalue weighted by molar-refractivity contribution is 0.102. The van der Waals surface area contributed by atoms with E-state index >= 15 is 0 Å². The van der Waals surface area contributed by atoms with Crippen molar-refractivity contribution in [1.82, 2.24) is 0 Å². The van der Waals surface area contributed by atoms with E-state index in [-0.39, 0.29) is 5.91 Å². The van der Waals surface area contributed by atoms with Crippen LogP contribution in [0, 0.1) is 17.8 Å². The van der Waals surface area contributed by atoms with Crippen molar-refractivity contribution >= 4 is 17.3 Å². The minimum Gasteiger partial charge on any atom is -0.492 e. The molecule has 2 saturated carbocycles. The first-order chi connectivity index (χ1) is 16.2. The van der Waals surface area contributed by atoms with Crippen molar-refractivity contribution in [3.05, 3.63) is 89.5 Å². The number of para-hydroxylation sites is 2. The number of carbonyl (C=O) groups is 1. The average Bonchev–Trinajstić information content (AvgIpc) is 3.48. The summed E-state index contributed by atoms with van der Waals surface area (Å²) in [6, 6.07) is 25.0. The molecule has 0 spiro atoms. The normalized spacial score (nSPS) is 26.8. The molecule has 6 rings (SSSR count). The Labute approximate surface area is 195 Å². The zero-order valence-corrected chi connectivity index (χ0v) is 19.0. The molecule has 1 amide bonds. The van der Waals surface area contributed by atoms with E-state index in [1.54, 1.807) is 0 Å². The molecule has 3 aliphatic rings. The number of hydrogen-bond donors (Lipinski definition) is 2. The van der Waals surface area contributed by atoms with Gasteiger partial charge in [0, 0.05) is 11.3 Å². The largest absolute Gasteiger partial charge is 0.492 e. The molecule has 4 nitrogen and oxygen atoms in total. The van der Waals surface area contributed by atoms with Gasteiger partial charge in [0.15, 0.2) is 0 Å². The zero-order valence-electron chi connectivity index (χ0n) is 19.0. The van der Waals surface area contributed by atoms with Gasteiger partial charge in [0.1, 0.15) is 5.75 Å². The van der Waals surface area contributed by atoms with Crippen molar-refractivity contribution < 1.29 is 9.53 Å². The molecule has 5 unspecified atom stereocenters. The van der Waals surface area contributed by atoms with Gasteiger partial charge in [-0.1, -0.05) is 42.5 Å². The summed E-state index contributed by atoms with van der Waals surface area (Å²) >= 11 is 0. The van der Waals surface area contributed by atoms with E-state index in [4.69, 9.17) is 4.74 Å².